The fourth-order valence-corrected chi connectivity index (χ4v) is 2.82. The summed E-state index contributed by atoms with van der Waals surface area (Å²) in [6.45, 7) is 3.21. The third-order valence-corrected chi connectivity index (χ3v) is 4.01. The van der Waals surface area contributed by atoms with E-state index in [2.05, 4.69) is 15.2 Å². The molecule has 1 heterocycles. The van der Waals surface area contributed by atoms with Gasteiger partial charge in [-0.1, -0.05) is 6.07 Å². The Hall–Kier alpha value is -1.23. The van der Waals surface area contributed by atoms with Gasteiger partial charge in [-0.05, 0) is 24.6 Å². The van der Waals surface area contributed by atoms with Gasteiger partial charge in [-0.15, -0.1) is 24.0 Å². The highest BCUT2D eigenvalue weighted by molar-refractivity contribution is 14.0. The average molecular weight is 487 g/mol. The maximum absolute atomic E-state index is 12.7. The molecule has 0 amide bonds. The summed E-state index contributed by atoms with van der Waals surface area (Å²) in [5, 5.41) is 3.18. The first-order chi connectivity index (χ1) is 11.9. The van der Waals surface area contributed by atoms with Crippen LogP contribution in [-0.4, -0.2) is 57.9 Å². The van der Waals surface area contributed by atoms with E-state index in [1.54, 1.807) is 14.2 Å². The number of aliphatic imine (C=N–C) groups is 1. The molecule has 0 aliphatic carbocycles. The van der Waals surface area contributed by atoms with Crippen LogP contribution in [0.4, 0.5) is 13.2 Å². The fraction of sp³-hybridized carbons (Fsp3) is 0.588. The highest BCUT2D eigenvalue weighted by Crippen LogP contribution is 2.31. The summed E-state index contributed by atoms with van der Waals surface area (Å²) in [7, 11) is 3.40. The number of methoxy groups -OCH3 is 1. The Labute approximate surface area is 169 Å². The zero-order chi connectivity index (χ0) is 18.3. The molecule has 5 nitrogen and oxygen atoms in total. The largest absolute Gasteiger partial charge is 0.492 e. The van der Waals surface area contributed by atoms with Crippen LogP contribution in [0.5, 0.6) is 5.75 Å². The summed E-state index contributed by atoms with van der Waals surface area (Å²) in [5.41, 5.74) is -0.713. The topological polar surface area (TPSA) is 46.1 Å². The van der Waals surface area contributed by atoms with Crippen LogP contribution in [0.1, 0.15) is 12.0 Å². The van der Waals surface area contributed by atoms with E-state index in [4.69, 9.17) is 9.47 Å². The van der Waals surface area contributed by atoms with E-state index in [1.807, 2.05) is 0 Å². The number of rotatable bonds is 6. The minimum atomic E-state index is -4.37. The smallest absolute Gasteiger partial charge is 0.416 e. The number of hydrogen-bond acceptors (Lipinski definition) is 3. The van der Waals surface area contributed by atoms with E-state index in [9.17, 15) is 13.2 Å². The molecule has 1 N–H and O–H groups in total. The molecule has 26 heavy (non-hydrogen) atoms. The second-order valence-electron chi connectivity index (χ2n) is 5.90. The zero-order valence-electron chi connectivity index (χ0n) is 14.9. The number of benzene rings is 1. The van der Waals surface area contributed by atoms with Crippen molar-refractivity contribution in [2.24, 2.45) is 10.9 Å². The van der Waals surface area contributed by atoms with Crippen molar-refractivity contribution in [3.63, 3.8) is 0 Å². The predicted octanol–water partition coefficient (Wildman–Crippen LogP) is 3.25. The van der Waals surface area contributed by atoms with Crippen LogP contribution in [0.3, 0.4) is 0 Å². The van der Waals surface area contributed by atoms with Gasteiger partial charge >= 0.3 is 6.18 Å². The molecule has 9 heteroatoms. The number of guanidine groups is 1. The summed E-state index contributed by atoms with van der Waals surface area (Å²) < 4.78 is 48.6. The first kappa shape index (κ1) is 22.8. The Morgan fingerprint density at radius 2 is 2.15 bits per heavy atom. The van der Waals surface area contributed by atoms with Crippen LogP contribution >= 0.6 is 24.0 Å². The molecule has 2 rings (SSSR count). The van der Waals surface area contributed by atoms with Gasteiger partial charge < -0.3 is 19.7 Å². The lowest BCUT2D eigenvalue weighted by atomic mass is 10.1. The average Bonchev–Trinajstić information content (AvgIpc) is 3.03. The van der Waals surface area contributed by atoms with Crippen molar-refractivity contribution in [1.29, 1.82) is 0 Å². The van der Waals surface area contributed by atoms with Crippen molar-refractivity contribution in [1.82, 2.24) is 10.2 Å². The second-order valence-corrected chi connectivity index (χ2v) is 5.90. The van der Waals surface area contributed by atoms with Crippen LogP contribution in [0.15, 0.2) is 29.3 Å². The van der Waals surface area contributed by atoms with Crippen molar-refractivity contribution in [2.75, 3.05) is 47.0 Å². The molecule has 1 saturated heterocycles. The highest BCUT2D eigenvalue weighted by Gasteiger charge is 2.30. The number of alkyl halides is 3. The number of hydrogen-bond donors (Lipinski definition) is 1. The maximum atomic E-state index is 12.7. The van der Waals surface area contributed by atoms with Gasteiger partial charge in [-0.3, -0.25) is 4.99 Å². The van der Waals surface area contributed by atoms with E-state index in [1.165, 1.54) is 12.1 Å². The number of nitrogens with zero attached hydrogens (tertiary/aromatic N) is 2. The lowest BCUT2D eigenvalue weighted by Gasteiger charge is -2.21. The van der Waals surface area contributed by atoms with Crippen molar-refractivity contribution in [2.45, 2.75) is 12.6 Å². The third-order valence-electron chi connectivity index (χ3n) is 4.01. The first-order valence-electron chi connectivity index (χ1n) is 8.18. The Balaban J connectivity index is 0.00000338. The van der Waals surface area contributed by atoms with Crippen LogP contribution in [0, 0.1) is 5.92 Å². The Bertz CT molecular complexity index is 585. The molecule has 1 aliphatic heterocycles. The van der Waals surface area contributed by atoms with Gasteiger partial charge in [-0.2, -0.15) is 13.2 Å². The molecular weight excluding hydrogens is 462 g/mol. The number of likely N-dealkylation sites (tertiary alicyclic amines) is 1. The Kier molecular flexibility index (Phi) is 9.48. The monoisotopic (exact) mass is 487 g/mol. The van der Waals surface area contributed by atoms with E-state index < -0.39 is 11.7 Å². The molecule has 1 unspecified atom stereocenters. The maximum Gasteiger partial charge on any atom is 0.416 e. The quantitative estimate of drug-likeness (QED) is 0.290. The molecule has 1 aliphatic rings. The second kappa shape index (κ2) is 10.8. The van der Waals surface area contributed by atoms with Crippen LogP contribution < -0.4 is 10.1 Å². The van der Waals surface area contributed by atoms with Gasteiger partial charge in [-0.25, -0.2) is 0 Å². The minimum absolute atomic E-state index is 0. The fourth-order valence-electron chi connectivity index (χ4n) is 2.82. The SMILES string of the molecule is CN=C(NCCOc1cccc(C(F)(F)F)c1)N1CCC(COC)C1.I. The van der Waals surface area contributed by atoms with Crippen LogP contribution in [-0.2, 0) is 10.9 Å². The number of ether oxygens (including phenoxy) is 2. The van der Waals surface area contributed by atoms with E-state index in [-0.39, 0.29) is 36.3 Å². The van der Waals surface area contributed by atoms with Gasteiger partial charge in [0.2, 0.25) is 0 Å². The lowest BCUT2D eigenvalue weighted by Crippen LogP contribution is -2.41. The van der Waals surface area contributed by atoms with Crippen molar-refractivity contribution in [3.8, 4) is 5.75 Å². The third kappa shape index (κ3) is 6.82. The molecule has 1 atom stereocenters. The predicted molar refractivity (Wildman–Crippen MR) is 105 cm³/mol. The van der Waals surface area contributed by atoms with Gasteiger partial charge in [0.05, 0.1) is 18.7 Å². The van der Waals surface area contributed by atoms with E-state index in [0.717, 1.165) is 44.2 Å². The summed E-state index contributed by atoms with van der Waals surface area (Å²) in [6, 6.07) is 4.88. The standard InChI is InChI=1S/C17H24F3N3O2.HI/c1-21-16(23-8-6-13(11-23)12-24-2)22-7-9-25-15-5-3-4-14(10-15)17(18,19)20;/h3-5,10,13H,6-9,11-12H2,1-2H3,(H,21,22);1H. The minimum Gasteiger partial charge on any atom is -0.492 e. The highest BCUT2D eigenvalue weighted by atomic mass is 127. The Morgan fingerprint density at radius 3 is 2.81 bits per heavy atom. The Morgan fingerprint density at radius 1 is 1.38 bits per heavy atom. The molecule has 0 saturated carbocycles. The molecule has 148 valence electrons. The van der Waals surface area contributed by atoms with Gasteiger partial charge in [0.15, 0.2) is 5.96 Å². The molecular formula is C17H25F3IN3O2. The van der Waals surface area contributed by atoms with E-state index >= 15 is 0 Å². The zero-order valence-corrected chi connectivity index (χ0v) is 17.2. The van der Waals surface area contributed by atoms with E-state index in [0.29, 0.717) is 12.5 Å². The van der Waals surface area contributed by atoms with Crippen molar-refractivity contribution < 1.29 is 22.6 Å². The van der Waals surface area contributed by atoms with Crippen molar-refractivity contribution >= 4 is 29.9 Å². The molecule has 1 aromatic carbocycles. The molecule has 0 spiro atoms. The summed E-state index contributed by atoms with van der Waals surface area (Å²) >= 11 is 0. The lowest BCUT2D eigenvalue weighted by molar-refractivity contribution is -0.137. The molecule has 1 fully saturated rings. The summed E-state index contributed by atoms with van der Waals surface area (Å²) in [5.74, 6) is 1.46. The van der Waals surface area contributed by atoms with Gasteiger partial charge in [0, 0.05) is 33.2 Å². The molecule has 1 aromatic rings. The van der Waals surface area contributed by atoms with Crippen molar-refractivity contribution in [3.05, 3.63) is 29.8 Å². The summed E-state index contributed by atoms with van der Waals surface area (Å²) in [4.78, 5) is 6.39. The molecule has 0 bridgehead atoms. The molecule has 0 aromatic heterocycles. The first-order valence-corrected chi connectivity index (χ1v) is 8.18. The number of nitrogens with one attached hydrogen (secondary N) is 1. The number of halogens is 4. The molecule has 0 radical (unpaired) electrons. The van der Waals surface area contributed by atoms with Gasteiger partial charge in [0.25, 0.3) is 0 Å². The van der Waals surface area contributed by atoms with Crippen LogP contribution in [0.25, 0.3) is 0 Å². The summed E-state index contributed by atoms with van der Waals surface area (Å²) in [6.07, 6.45) is -3.32. The van der Waals surface area contributed by atoms with Crippen LogP contribution in [0.2, 0.25) is 0 Å². The van der Waals surface area contributed by atoms with Gasteiger partial charge in [0.1, 0.15) is 12.4 Å². The normalized spacial score (nSPS) is 17.8.